The van der Waals surface area contributed by atoms with Crippen LogP contribution in [0.5, 0.6) is 11.5 Å². The first kappa shape index (κ1) is 17.0. The van der Waals surface area contributed by atoms with E-state index in [0.29, 0.717) is 30.0 Å². The van der Waals surface area contributed by atoms with E-state index < -0.39 is 6.10 Å². The minimum absolute atomic E-state index is 0.0355. The van der Waals surface area contributed by atoms with Crippen molar-refractivity contribution in [3.8, 4) is 11.5 Å². The maximum atomic E-state index is 11.9. The second kappa shape index (κ2) is 8.29. The lowest BCUT2D eigenvalue weighted by Gasteiger charge is -2.18. The molecular weight excluding hydrogens is 270 g/mol. The first-order valence-electron chi connectivity index (χ1n) is 7.17. The molecule has 0 saturated heterocycles. The number of nitrogens with one attached hydrogen (secondary N) is 1. The third-order valence-electron chi connectivity index (χ3n) is 2.69. The number of ether oxygens (including phenoxy) is 2. The molecule has 1 aromatic carbocycles. The Bertz CT molecular complexity index is 485. The van der Waals surface area contributed by atoms with Gasteiger partial charge in [-0.3, -0.25) is 9.59 Å². The smallest absolute Gasteiger partial charge is 0.260 e. The highest BCUT2D eigenvalue weighted by Crippen LogP contribution is 2.25. The molecule has 0 aliphatic rings. The molecule has 0 radical (unpaired) electrons. The summed E-state index contributed by atoms with van der Waals surface area (Å²) in [6.07, 6.45) is 0.901. The number of benzene rings is 1. The molecule has 1 atom stereocenters. The van der Waals surface area contributed by atoms with E-state index in [1.165, 1.54) is 0 Å². The van der Waals surface area contributed by atoms with Crippen molar-refractivity contribution in [2.24, 2.45) is 0 Å². The predicted octanol–water partition coefficient (Wildman–Crippen LogP) is 2.58. The Morgan fingerprint density at radius 1 is 1.33 bits per heavy atom. The Morgan fingerprint density at radius 3 is 2.62 bits per heavy atom. The number of hydrogen-bond acceptors (Lipinski definition) is 4. The van der Waals surface area contributed by atoms with Crippen LogP contribution in [-0.4, -0.2) is 30.9 Å². The third kappa shape index (κ3) is 5.45. The highest BCUT2D eigenvalue weighted by atomic mass is 16.5. The molecule has 0 fully saturated rings. The fraction of sp³-hybridized carbons (Fsp3) is 0.500. The van der Waals surface area contributed by atoms with Crippen LogP contribution in [0.25, 0.3) is 0 Å². The molecule has 0 bridgehead atoms. The topological polar surface area (TPSA) is 64.6 Å². The van der Waals surface area contributed by atoms with Crippen molar-refractivity contribution in [1.82, 2.24) is 5.32 Å². The second-order valence-corrected chi connectivity index (χ2v) is 5.09. The van der Waals surface area contributed by atoms with E-state index in [1.54, 1.807) is 25.1 Å². The second-order valence-electron chi connectivity index (χ2n) is 5.09. The Balaban J connectivity index is 2.83. The Labute approximate surface area is 125 Å². The van der Waals surface area contributed by atoms with Gasteiger partial charge in [-0.2, -0.15) is 0 Å². The van der Waals surface area contributed by atoms with Gasteiger partial charge in [0.2, 0.25) is 0 Å². The normalized spacial score (nSPS) is 11.9. The monoisotopic (exact) mass is 293 g/mol. The van der Waals surface area contributed by atoms with Gasteiger partial charge in [0, 0.05) is 12.1 Å². The number of carbonyl (C=O) groups excluding carboxylic acids is 2. The number of aldehydes is 1. The lowest BCUT2D eigenvalue weighted by Crippen LogP contribution is -2.40. The summed E-state index contributed by atoms with van der Waals surface area (Å²) in [5.41, 5.74) is 0.392. The summed E-state index contributed by atoms with van der Waals surface area (Å²) >= 11 is 0. The SMILES string of the molecule is CCCOc1ccc(C=O)c(OC(C)C(=O)NC(C)C)c1. The number of amides is 1. The zero-order valence-corrected chi connectivity index (χ0v) is 13.0. The van der Waals surface area contributed by atoms with Crippen LogP contribution in [0.4, 0.5) is 0 Å². The number of rotatable bonds is 8. The Kier molecular flexibility index (Phi) is 6.72. The summed E-state index contributed by atoms with van der Waals surface area (Å²) in [7, 11) is 0. The number of carbonyl (C=O) groups is 2. The van der Waals surface area contributed by atoms with Gasteiger partial charge in [0.05, 0.1) is 12.2 Å². The van der Waals surface area contributed by atoms with Gasteiger partial charge in [-0.15, -0.1) is 0 Å². The van der Waals surface area contributed by atoms with Crippen molar-refractivity contribution in [3.63, 3.8) is 0 Å². The summed E-state index contributed by atoms with van der Waals surface area (Å²) in [6.45, 7) is 7.99. The summed E-state index contributed by atoms with van der Waals surface area (Å²) in [6, 6.07) is 5.01. The van der Waals surface area contributed by atoms with E-state index in [9.17, 15) is 9.59 Å². The Hall–Kier alpha value is -2.04. The highest BCUT2D eigenvalue weighted by Gasteiger charge is 2.17. The van der Waals surface area contributed by atoms with Crippen LogP contribution >= 0.6 is 0 Å². The average Bonchev–Trinajstić information content (AvgIpc) is 2.44. The molecule has 0 aliphatic heterocycles. The quantitative estimate of drug-likeness (QED) is 0.748. The van der Waals surface area contributed by atoms with Crippen LogP contribution in [-0.2, 0) is 4.79 Å². The molecule has 1 unspecified atom stereocenters. The lowest BCUT2D eigenvalue weighted by molar-refractivity contribution is -0.127. The third-order valence-corrected chi connectivity index (χ3v) is 2.69. The van der Waals surface area contributed by atoms with Crippen LogP contribution in [0.15, 0.2) is 18.2 Å². The minimum atomic E-state index is -0.687. The lowest BCUT2D eigenvalue weighted by atomic mass is 10.2. The molecule has 0 saturated carbocycles. The molecule has 5 nitrogen and oxygen atoms in total. The summed E-state index contributed by atoms with van der Waals surface area (Å²) in [5.74, 6) is 0.751. The van der Waals surface area contributed by atoms with E-state index in [4.69, 9.17) is 9.47 Å². The molecule has 1 N–H and O–H groups in total. The van der Waals surface area contributed by atoms with Gasteiger partial charge in [-0.1, -0.05) is 6.92 Å². The fourth-order valence-corrected chi connectivity index (χ4v) is 1.67. The molecule has 1 amide bonds. The molecule has 0 aromatic heterocycles. The van der Waals surface area contributed by atoms with E-state index in [1.807, 2.05) is 20.8 Å². The first-order chi connectivity index (χ1) is 9.97. The van der Waals surface area contributed by atoms with Gasteiger partial charge >= 0.3 is 0 Å². The van der Waals surface area contributed by atoms with Crippen LogP contribution in [0, 0.1) is 0 Å². The minimum Gasteiger partial charge on any atom is -0.493 e. The van der Waals surface area contributed by atoms with Crippen LogP contribution in [0.2, 0.25) is 0 Å². The summed E-state index contributed by atoms with van der Waals surface area (Å²) in [5, 5.41) is 2.77. The van der Waals surface area contributed by atoms with Gasteiger partial charge < -0.3 is 14.8 Å². The van der Waals surface area contributed by atoms with Crippen LogP contribution < -0.4 is 14.8 Å². The van der Waals surface area contributed by atoms with Gasteiger partial charge in [0.15, 0.2) is 12.4 Å². The van der Waals surface area contributed by atoms with Gasteiger partial charge in [0.25, 0.3) is 5.91 Å². The Morgan fingerprint density at radius 2 is 2.05 bits per heavy atom. The summed E-state index contributed by atoms with van der Waals surface area (Å²) < 4.78 is 11.1. The van der Waals surface area contributed by atoms with E-state index in [2.05, 4.69) is 5.32 Å². The van der Waals surface area contributed by atoms with Gasteiger partial charge in [-0.25, -0.2) is 0 Å². The predicted molar refractivity (Wildman–Crippen MR) is 81.0 cm³/mol. The fourth-order valence-electron chi connectivity index (χ4n) is 1.67. The largest absolute Gasteiger partial charge is 0.493 e. The molecule has 0 heterocycles. The standard InChI is InChI=1S/C16H23NO4/c1-5-8-20-14-7-6-13(10-18)15(9-14)21-12(4)16(19)17-11(2)3/h6-7,9-12H,5,8H2,1-4H3,(H,17,19). The van der Waals surface area contributed by atoms with E-state index in [0.717, 1.165) is 6.42 Å². The van der Waals surface area contributed by atoms with Crippen molar-refractivity contribution in [2.45, 2.75) is 46.3 Å². The molecule has 116 valence electrons. The molecule has 0 spiro atoms. The van der Waals surface area contributed by atoms with Crippen molar-refractivity contribution >= 4 is 12.2 Å². The molecule has 1 aromatic rings. The summed E-state index contributed by atoms with van der Waals surface area (Å²) in [4.78, 5) is 22.9. The zero-order valence-electron chi connectivity index (χ0n) is 13.0. The molecule has 1 rings (SSSR count). The van der Waals surface area contributed by atoms with Crippen molar-refractivity contribution in [3.05, 3.63) is 23.8 Å². The van der Waals surface area contributed by atoms with Crippen LogP contribution in [0.3, 0.4) is 0 Å². The van der Waals surface area contributed by atoms with Crippen molar-refractivity contribution in [1.29, 1.82) is 0 Å². The van der Waals surface area contributed by atoms with Crippen molar-refractivity contribution < 1.29 is 19.1 Å². The molecule has 0 aliphatic carbocycles. The zero-order chi connectivity index (χ0) is 15.8. The van der Waals surface area contributed by atoms with Crippen LogP contribution in [0.1, 0.15) is 44.5 Å². The first-order valence-corrected chi connectivity index (χ1v) is 7.17. The van der Waals surface area contributed by atoms with E-state index >= 15 is 0 Å². The van der Waals surface area contributed by atoms with Gasteiger partial charge in [0.1, 0.15) is 11.5 Å². The maximum Gasteiger partial charge on any atom is 0.260 e. The molecule has 5 heteroatoms. The highest BCUT2D eigenvalue weighted by molar-refractivity contribution is 5.83. The maximum absolute atomic E-state index is 11.9. The molecular formula is C16H23NO4. The van der Waals surface area contributed by atoms with Crippen molar-refractivity contribution in [2.75, 3.05) is 6.61 Å². The van der Waals surface area contributed by atoms with E-state index in [-0.39, 0.29) is 11.9 Å². The van der Waals surface area contributed by atoms with Gasteiger partial charge in [-0.05, 0) is 39.3 Å². The molecule has 21 heavy (non-hydrogen) atoms. The number of hydrogen-bond donors (Lipinski definition) is 1. The average molecular weight is 293 g/mol.